The Kier molecular flexibility index (Phi) is 6.29. The Morgan fingerprint density at radius 2 is 1.95 bits per heavy atom. The molecule has 1 N–H and O–H groups in total. The molecule has 2 unspecified atom stereocenters. The van der Waals surface area contributed by atoms with Crippen molar-refractivity contribution in [3.05, 3.63) is 29.6 Å². The van der Waals surface area contributed by atoms with Gasteiger partial charge in [-0.1, -0.05) is 20.3 Å². The van der Waals surface area contributed by atoms with Crippen molar-refractivity contribution in [2.75, 3.05) is 11.4 Å². The van der Waals surface area contributed by atoms with Crippen LogP contribution in [0.2, 0.25) is 0 Å². The first kappa shape index (κ1) is 16.0. The molecule has 108 valence electrons. The highest BCUT2D eigenvalue weighted by Gasteiger charge is 2.18. The summed E-state index contributed by atoms with van der Waals surface area (Å²) in [4.78, 5) is 2.28. The van der Waals surface area contributed by atoms with E-state index in [-0.39, 0.29) is 5.82 Å². The lowest BCUT2D eigenvalue weighted by molar-refractivity contribution is 0.199. The Labute approximate surface area is 116 Å². The van der Waals surface area contributed by atoms with Crippen LogP contribution in [0.5, 0.6) is 0 Å². The normalized spacial score (nSPS) is 14.2. The SMILES string of the molecule is CCCCN(c1ccc(F)cc1C(C)O)C(C)CC. The predicted molar refractivity (Wildman–Crippen MR) is 79.0 cm³/mol. The van der Waals surface area contributed by atoms with Crippen LogP contribution in [0.15, 0.2) is 18.2 Å². The van der Waals surface area contributed by atoms with Crippen LogP contribution in [0.3, 0.4) is 0 Å². The van der Waals surface area contributed by atoms with Gasteiger partial charge >= 0.3 is 0 Å². The molecule has 0 aliphatic heterocycles. The summed E-state index contributed by atoms with van der Waals surface area (Å²) in [6.07, 6.45) is 2.60. The molecule has 0 heterocycles. The minimum atomic E-state index is -0.654. The fourth-order valence-corrected chi connectivity index (χ4v) is 2.25. The molecule has 0 bridgehead atoms. The second-order valence-electron chi connectivity index (χ2n) is 5.18. The number of hydrogen-bond donors (Lipinski definition) is 1. The van der Waals surface area contributed by atoms with E-state index in [4.69, 9.17) is 0 Å². The standard InChI is InChI=1S/C16H26FNO/c1-5-7-10-18(12(3)6-2)16-9-8-14(17)11-15(16)13(4)19/h8-9,11-13,19H,5-7,10H2,1-4H3. The molecule has 19 heavy (non-hydrogen) atoms. The van der Waals surface area contributed by atoms with E-state index >= 15 is 0 Å². The highest BCUT2D eigenvalue weighted by atomic mass is 19.1. The molecule has 0 aromatic heterocycles. The van der Waals surface area contributed by atoms with Gasteiger partial charge in [-0.05, 0) is 44.9 Å². The predicted octanol–water partition coefficient (Wildman–Crippen LogP) is 4.28. The average Bonchev–Trinajstić information content (AvgIpc) is 2.39. The molecule has 0 amide bonds. The Morgan fingerprint density at radius 3 is 2.47 bits per heavy atom. The molecule has 1 aromatic rings. The van der Waals surface area contributed by atoms with Crippen molar-refractivity contribution in [2.24, 2.45) is 0 Å². The smallest absolute Gasteiger partial charge is 0.123 e. The van der Waals surface area contributed by atoms with Crippen LogP contribution in [0.4, 0.5) is 10.1 Å². The third-order valence-electron chi connectivity index (χ3n) is 3.62. The average molecular weight is 267 g/mol. The fraction of sp³-hybridized carbons (Fsp3) is 0.625. The van der Waals surface area contributed by atoms with Crippen LogP contribution in [0, 0.1) is 5.82 Å². The topological polar surface area (TPSA) is 23.5 Å². The van der Waals surface area contributed by atoms with Crippen molar-refractivity contribution >= 4 is 5.69 Å². The molecule has 0 spiro atoms. The van der Waals surface area contributed by atoms with Crippen LogP contribution in [0.1, 0.15) is 58.6 Å². The van der Waals surface area contributed by atoms with Gasteiger partial charge in [0.25, 0.3) is 0 Å². The monoisotopic (exact) mass is 267 g/mol. The summed E-state index contributed by atoms with van der Waals surface area (Å²) in [5.41, 5.74) is 1.63. The number of halogens is 1. The van der Waals surface area contributed by atoms with Crippen molar-refractivity contribution in [3.63, 3.8) is 0 Å². The maximum atomic E-state index is 13.4. The number of hydrogen-bond acceptors (Lipinski definition) is 2. The van der Waals surface area contributed by atoms with Crippen molar-refractivity contribution < 1.29 is 9.50 Å². The van der Waals surface area contributed by atoms with E-state index in [1.54, 1.807) is 13.0 Å². The van der Waals surface area contributed by atoms with E-state index in [0.717, 1.165) is 31.5 Å². The Balaban J connectivity index is 3.13. The van der Waals surface area contributed by atoms with Crippen molar-refractivity contribution in [2.45, 2.75) is 59.1 Å². The number of rotatable bonds is 7. The van der Waals surface area contributed by atoms with Crippen LogP contribution < -0.4 is 4.90 Å². The summed E-state index contributed by atoms with van der Waals surface area (Å²) >= 11 is 0. The van der Waals surface area contributed by atoms with Gasteiger partial charge < -0.3 is 10.0 Å². The molecular formula is C16H26FNO. The van der Waals surface area contributed by atoms with Crippen molar-refractivity contribution in [1.82, 2.24) is 0 Å². The summed E-state index contributed by atoms with van der Waals surface area (Å²) < 4.78 is 13.4. The van der Waals surface area contributed by atoms with Crippen molar-refractivity contribution in [1.29, 1.82) is 0 Å². The third kappa shape index (κ3) is 4.20. The zero-order valence-corrected chi connectivity index (χ0v) is 12.5. The van der Waals surface area contributed by atoms with Crippen LogP contribution in [-0.4, -0.2) is 17.7 Å². The fourth-order valence-electron chi connectivity index (χ4n) is 2.25. The summed E-state index contributed by atoms with van der Waals surface area (Å²) in [6.45, 7) is 9.11. The summed E-state index contributed by atoms with van der Waals surface area (Å²) in [6, 6.07) is 5.10. The van der Waals surface area contributed by atoms with Gasteiger partial charge in [-0.25, -0.2) is 4.39 Å². The Bertz CT molecular complexity index is 392. The van der Waals surface area contributed by atoms with Crippen LogP contribution in [0.25, 0.3) is 0 Å². The third-order valence-corrected chi connectivity index (χ3v) is 3.62. The van der Waals surface area contributed by atoms with Gasteiger partial charge in [-0.2, -0.15) is 0 Å². The van der Waals surface area contributed by atoms with Gasteiger partial charge in [0.1, 0.15) is 5.82 Å². The van der Waals surface area contributed by atoms with Gasteiger partial charge in [0.05, 0.1) is 6.10 Å². The number of nitrogens with zero attached hydrogens (tertiary/aromatic N) is 1. The summed E-state index contributed by atoms with van der Waals surface area (Å²) in [5, 5.41) is 9.86. The highest BCUT2D eigenvalue weighted by molar-refractivity contribution is 5.55. The zero-order valence-electron chi connectivity index (χ0n) is 12.5. The van der Waals surface area contributed by atoms with Crippen molar-refractivity contribution in [3.8, 4) is 0 Å². The van der Waals surface area contributed by atoms with Crippen LogP contribution >= 0.6 is 0 Å². The lowest BCUT2D eigenvalue weighted by Crippen LogP contribution is -2.34. The summed E-state index contributed by atoms with van der Waals surface area (Å²) in [5.74, 6) is -0.292. The van der Waals surface area contributed by atoms with E-state index < -0.39 is 6.10 Å². The zero-order chi connectivity index (χ0) is 14.4. The minimum absolute atomic E-state index is 0.292. The second-order valence-corrected chi connectivity index (χ2v) is 5.18. The molecule has 0 aliphatic carbocycles. The molecule has 0 radical (unpaired) electrons. The van der Waals surface area contributed by atoms with Gasteiger partial charge in [0, 0.05) is 23.8 Å². The van der Waals surface area contributed by atoms with E-state index in [1.807, 2.05) is 0 Å². The largest absolute Gasteiger partial charge is 0.389 e. The Hall–Kier alpha value is -1.09. The first-order valence-electron chi connectivity index (χ1n) is 7.25. The Morgan fingerprint density at radius 1 is 1.26 bits per heavy atom. The molecule has 0 aliphatic rings. The van der Waals surface area contributed by atoms with Crippen LogP contribution in [-0.2, 0) is 0 Å². The second kappa shape index (κ2) is 7.49. The first-order chi connectivity index (χ1) is 9.01. The number of unbranched alkanes of at least 4 members (excludes halogenated alkanes) is 1. The molecule has 2 atom stereocenters. The maximum Gasteiger partial charge on any atom is 0.123 e. The summed E-state index contributed by atoms with van der Waals surface area (Å²) in [7, 11) is 0. The molecule has 0 saturated heterocycles. The lowest BCUT2D eigenvalue weighted by atomic mass is 10.0. The quantitative estimate of drug-likeness (QED) is 0.797. The molecule has 0 fully saturated rings. The van der Waals surface area contributed by atoms with E-state index in [0.29, 0.717) is 11.6 Å². The van der Waals surface area contributed by atoms with E-state index in [9.17, 15) is 9.50 Å². The van der Waals surface area contributed by atoms with Gasteiger partial charge in [-0.15, -0.1) is 0 Å². The number of aliphatic hydroxyl groups is 1. The molecule has 3 heteroatoms. The van der Waals surface area contributed by atoms with E-state index in [2.05, 4.69) is 25.7 Å². The number of anilines is 1. The molecule has 0 saturated carbocycles. The first-order valence-corrected chi connectivity index (χ1v) is 7.25. The minimum Gasteiger partial charge on any atom is -0.389 e. The molecular weight excluding hydrogens is 241 g/mol. The maximum absolute atomic E-state index is 13.4. The van der Waals surface area contributed by atoms with Gasteiger partial charge in [0.15, 0.2) is 0 Å². The molecule has 1 rings (SSSR count). The number of benzene rings is 1. The highest BCUT2D eigenvalue weighted by Crippen LogP contribution is 2.29. The number of aliphatic hydroxyl groups excluding tert-OH is 1. The van der Waals surface area contributed by atoms with Gasteiger partial charge in [0.2, 0.25) is 0 Å². The molecule has 2 nitrogen and oxygen atoms in total. The van der Waals surface area contributed by atoms with Gasteiger partial charge in [-0.3, -0.25) is 0 Å². The lowest BCUT2D eigenvalue weighted by Gasteiger charge is -2.33. The molecule has 1 aromatic carbocycles. The van der Waals surface area contributed by atoms with E-state index in [1.165, 1.54) is 12.1 Å².